The summed E-state index contributed by atoms with van der Waals surface area (Å²) in [5, 5.41) is 3.24. The van der Waals surface area contributed by atoms with Gasteiger partial charge in [-0.05, 0) is 24.6 Å². The molecule has 0 aromatic heterocycles. The highest BCUT2D eigenvalue weighted by molar-refractivity contribution is 6.31. The summed E-state index contributed by atoms with van der Waals surface area (Å²) in [4.78, 5) is 11.1. The van der Waals surface area contributed by atoms with Gasteiger partial charge in [0.1, 0.15) is 5.75 Å². The van der Waals surface area contributed by atoms with Crippen LogP contribution < -0.4 is 10.1 Å². The maximum absolute atomic E-state index is 11.1. The molecule has 0 aliphatic heterocycles. The van der Waals surface area contributed by atoms with Crippen LogP contribution >= 0.6 is 11.6 Å². The van der Waals surface area contributed by atoms with Gasteiger partial charge in [-0.2, -0.15) is 0 Å². The Labute approximate surface area is 93.7 Å². The molecule has 0 spiro atoms. The van der Waals surface area contributed by atoms with Crippen LogP contribution in [0.5, 0.6) is 5.75 Å². The number of benzene rings is 1. The second-order valence-corrected chi connectivity index (χ2v) is 3.40. The highest BCUT2D eigenvalue weighted by Gasteiger charge is 2.08. The number of hydrogen-bond donors (Lipinski definition) is 1. The molecule has 0 saturated heterocycles. The number of rotatable bonds is 3. The van der Waals surface area contributed by atoms with Gasteiger partial charge in [-0.25, -0.2) is 0 Å². The summed E-state index contributed by atoms with van der Waals surface area (Å²) in [6, 6.07) is 3.41. The molecule has 1 N–H and O–H groups in total. The molecular formula is C11H12ClNO2. The number of nitrogens with one attached hydrogen (secondary N) is 1. The lowest BCUT2D eigenvalue weighted by Crippen LogP contribution is -2.08. The monoisotopic (exact) mass is 225 g/mol. The van der Waals surface area contributed by atoms with E-state index in [0.29, 0.717) is 16.5 Å². The van der Waals surface area contributed by atoms with Gasteiger partial charge in [0.2, 0.25) is 5.91 Å². The van der Waals surface area contributed by atoms with E-state index in [1.165, 1.54) is 13.2 Å². The third-order valence-corrected chi connectivity index (χ3v) is 2.33. The molecule has 0 atom stereocenters. The third-order valence-electron chi connectivity index (χ3n) is 1.92. The van der Waals surface area contributed by atoms with Crippen LogP contribution in [-0.4, -0.2) is 13.0 Å². The lowest BCUT2D eigenvalue weighted by atomic mass is 10.2. The Hall–Kier alpha value is -1.48. The quantitative estimate of drug-likeness (QED) is 0.804. The first-order valence-electron chi connectivity index (χ1n) is 4.36. The van der Waals surface area contributed by atoms with Gasteiger partial charge in [-0.1, -0.05) is 18.2 Å². The lowest BCUT2D eigenvalue weighted by Gasteiger charge is -2.10. The molecular weight excluding hydrogens is 214 g/mol. The molecule has 0 fully saturated rings. The number of ether oxygens (including phenoxy) is 1. The van der Waals surface area contributed by atoms with Crippen molar-refractivity contribution in [3.63, 3.8) is 0 Å². The van der Waals surface area contributed by atoms with Gasteiger partial charge in [-0.15, -0.1) is 0 Å². The molecule has 0 heterocycles. The maximum atomic E-state index is 11.1. The van der Waals surface area contributed by atoms with Gasteiger partial charge in [0.05, 0.1) is 12.8 Å². The smallest absolute Gasteiger partial charge is 0.247 e. The Morgan fingerprint density at radius 2 is 2.27 bits per heavy atom. The first-order valence-corrected chi connectivity index (χ1v) is 4.74. The Morgan fingerprint density at radius 3 is 2.80 bits per heavy atom. The van der Waals surface area contributed by atoms with Crippen molar-refractivity contribution in [2.24, 2.45) is 0 Å². The first-order chi connectivity index (χ1) is 7.08. The fraction of sp³-hybridized carbons (Fsp3) is 0.182. The zero-order valence-corrected chi connectivity index (χ0v) is 9.39. The van der Waals surface area contributed by atoms with Crippen molar-refractivity contribution >= 4 is 23.2 Å². The summed E-state index contributed by atoms with van der Waals surface area (Å²) in [7, 11) is 1.52. The summed E-state index contributed by atoms with van der Waals surface area (Å²) in [6.45, 7) is 5.23. The van der Waals surface area contributed by atoms with Crippen LogP contribution in [0.2, 0.25) is 5.02 Å². The SMILES string of the molecule is C=CC(=O)Nc1cc(C)c(Cl)cc1OC. The van der Waals surface area contributed by atoms with E-state index in [-0.39, 0.29) is 5.91 Å². The fourth-order valence-electron chi connectivity index (χ4n) is 1.11. The van der Waals surface area contributed by atoms with Crippen LogP contribution in [0, 0.1) is 6.92 Å². The number of halogens is 1. The van der Waals surface area contributed by atoms with Crippen LogP contribution in [0.25, 0.3) is 0 Å². The summed E-state index contributed by atoms with van der Waals surface area (Å²) < 4.78 is 5.09. The highest BCUT2D eigenvalue weighted by Crippen LogP contribution is 2.30. The summed E-state index contributed by atoms with van der Waals surface area (Å²) in [5.74, 6) is 0.246. The van der Waals surface area contributed by atoms with Crippen molar-refractivity contribution in [1.29, 1.82) is 0 Å². The molecule has 15 heavy (non-hydrogen) atoms. The Morgan fingerprint density at radius 1 is 1.60 bits per heavy atom. The van der Waals surface area contributed by atoms with Gasteiger partial charge in [0.15, 0.2) is 0 Å². The summed E-state index contributed by atoms with van der Waals surface area (Å²) in [6.07, 6.45) is 1.20. The van der Waals surface area contributed by atoms with Gasteiger partial charge < -0.3 is 10.1 Å². The molecule has 1 amide bonds. The predicted molar refractivity (Wildman–Crippen MR) is 61.6 cm³/mol. The minimum Gasteiger partial charge on any atom is -0.495 e. The number of carbonyl (C=O) groups is 1. The van der Waals surface area contributed by atoms with Gasteiger partial charge in [0, 0.05) is 11.1 Å². The van der Waals surface area contributed by atoms with Crippen LogP contribution in [0.1, 0.15) is 5.56 Å². The molecule has 0 saturated carbocycles. The molecule has 0 unspecified atom stereocenters. The van der Waals surface area contributed by atoms with Crippen molar-refractivity contribution < 1.29 is 9.53 Å². The second-order valence-electron chi connectivity index (χ2n) is 3.00. The van der Waals surface area contributed by atoms with Crippen molar-refractivity contribution in [2.75, 3.05) is 12.4 Å². The van der Waals surface area contributed by atoms with E-state index in [2.05, 4.69) is 11.9 Å². The van der Waals surface area contributed by atoms with Crippen molar-refractivity contribution in [2.45, 2.75) is 6.92 Å². The minimum absolute atomic E-state index is 0.282. The number of amides is 1. The first kappa shape index (κ1) is 11.6. The molecule has 1 aromatic rings. The van der Waals surface area contributed by atoms with E-state index in [1.54, 1.807) is 12.1 Å². The Kier molecular flexibility index (Phi) is 3.74. The Balaban J connectivity index is 3.10. The Bertz CT molecular complexity index is 402. The van der Waals surface area contributed by atoms with Crippen LogP contribution in [0.4, 0.5) is 5.69 Å². The van der Waals surface area contributed by atoms with E-state index in [1.807, 2.05) is 6.92 Å². The number of methoxy groups -OCH3 is 1. The van der Waals surface area contributed by atoms with E-state index in [9.17, 15) is 4.79 Å². The number of hydrogen-bond acceptors (Lipinski definition) is 2. The highest BCUT2D eigenvalue weighted by atomic mass is 35.5. The van der Waals surface area contributed by atoms with Gasteiger partial charge in [0.25, 0.3) is 0 Å². The predicted octanol–water partition coefficient (Wildman–Crippen LogP) is 2.78. The topological polar surface area (TPSA) is 38.3 Å². The molecule has 0 aliphatic rings. The minimum atomic E-state index is -0.282. The van der Waals surface area contributed by atoms with Gasteiger partial charge in [-0.3, -0.25) is 4.79 Å². The van der Waals surface area contributed by atoms with E-state index in [0.717, 1.165) is 5.56 Å². The standard InChI is InChI=1S/C11H12ClNO2/c1-4-11(14)13-9-5-7(2)8(12)6-10(9)15-3/h4-6H,1H2,2-3H3,(H,13,14). The summed E-state index contributed by atoms with van der Waals surface area (Å²) >= 11 is 5.92. The molecule has 1 rings (SSSR count). The zero-order valence-electron chi connectivity index (χ0n) is 8.63. The maximum Gasteiger partial charge on any atom is 0.247 e. The largest absolute Gasteiger partial charge is 0.495 e. The van der Waals surface area contributed by atoms with Crippen LogP contribution in [-0.2, 0) is 4.79 Å². The third kappa shape index (κ3) is 2.73. The molecule has 1 aromatic carbocycles. The normalized spacial score (nSPS) is 9.53. The zero-order chi connectivity index (χ0) is 11.4. The number of anilines is 1. The van der Waals surface area contributed by atoms with Crippen LogP contribution in [0.3, 0.4) is 0 Å². The average molecular weight is 226 g/mol. The second kappa shape index (κ2) is 4.84. The fourth-order valence-corrected chi connectivity index (χ4v) is 1.27. The lowest BCUT2D eigenvalue weighted by molar-refractivity contribution is -0.111. The molecule has 4 heteroatoms. The molecule has 0 aliphatic carbocycles. The average Bonchev–Trinajstić information content (AvgIpc) is 2.22. The van der Waals surface area contributed by atoms with Crippen LogP contribution in [0.15, 0.2) is 24.8 Å². The number of carbonyl (C=O) groups excluding carboxylic acids is 1. The summed E-state index contributed by atoms with van der Waals surface area (Å²) in [5.41, 5.74) is 1.46. The molecule has 3 nitrogen and oxygen atoms in total. The number of aryl methyl sites for hydroxylation is 1. The van der Waals surface area contributed by atoms with Gasteiger partial charge >= 0.3 is 0 Å². The molecule has 0 radical (unpaired) electrons. The van der Waals surface area contributed by atoms with E-state index < -0.39 is 0 Å². The van der Waals surface area contributed by atoms with E-state index >= 15 is 0 Å². The molecule has 0 bridgehead atoms. The van der Waals surface area contributed by atoms with Crippen molar-refractivity contribution in [3.8, 4) is 5.75 Å². The van der Waals surface area contributed by atoms with Crippen molar-refractivity contribution in [1.82, 2.24) is 0 Å². The van der Waals surface area contributed by atoms with Crippen molar-refractivity contribution in [3.05, 3.63) is 35.4 Å². The van der Waals surface area contributed by atoms with E-state index in [4.69, 9.17) is 16.3 Å². The molecule has 80 valence electrons.